The van der Waals surface area contributed by atoms with E-state index in [1.54, 1.807) is 0 Å². The second-order valence-electron chi connectivity index (χ2n) is 6.52. The first-order chi connectivity index (χ1) is 12.9. The maximum Gasteiger partial charge on any atom is 0.349 e. The van der Waals surface area contributed by atoms with Crippen LogP contribution >= 0.6 is 12.4 Å². The summed E-state index contributed by atoms with van der Waals surface area (Å²) in [6.45, 7) is 5.67. The van der Waals surface area contributed by atoms with Crippen LogP contribution in [0.1, 0.15) is 11.1 Å². The summed E-state index contributed by atoms with van der Waals surface area (Å²) < 4.78 is 1.81. The molecule has 0 spiro atoms. The summed E-state index contributed by atoms with van der Waals surface area (Å²) in [7, 11) is 0. The number of aromatic nitrogens is 4. The van der Waals surface area contributed by atoms with Crippen molar-refractivity contribution < 1.29 is 10.2 Å². The van der Waals surface area contributed by atoms with Gasteiger partial charge in [0.2, 0.25) is 0 Å². The van der Waals surface area contributed by atoms with Gasteiger partial charge in [0.15, 0.2) is 11.5 Å². The molecule has 1 aromatic rings. The minimum Gasteiger partial charge on any atom is -0.395 e. The summed E-state index contributed by atoms with van der Waals surface area (Å²) in [4.78, 5) is 36.5. The number of nitrogens with zero attached hydrogens (tertiary/aromatic N) is 4. The number of aryl methyl sites for hydroxylation is 2. The average molecular weight is 410 g/mol. The highest BCUT2D eigenvalue weighted by molar-refractivity contribution is 5.85. The topological polar surface area (TPSA) is 124 Å². The lowest BCUT2D eigenvalue weighted by atomic mass is 10.1. The van der Waals surface area contributed by atoms with Crippen LogP contribution in [0.15, 0.2) is 21.7 Å². The Morgan fingerprint density at radius 2 is 1.68 bits per heavy atom. The monoisotopic (exact) mass is 409 g/mol. The maximum atomic E-state index is 12.2. The van der Waals surface area contributed by atoms with Gasteiger partial charge in [-0.05, 0) is 37.1 Å². The van der Waals surface area contributed by atoms with E-state index in [0.29, 0.717) is 31.7 Å². The van der Waals surface area contributed by atoms with E-state index in [0.717, 1.165) is 16.6 Å². The van der Waals surface area contributed by atoms with Crippen molar-refractivity contribution in [1.82, 2.24) is 24.4 Å². The molecule has 0 aliphatic carbocycles. The van der Waals surface area contributed by atoms with Crippen LogP contribution in [0.4, 0.5) is 0 Å². The zero-order chi connectivity index (χ0) is 19.6. The lowest BCUT2D eigenvalue weighted by Gasteiger charge is -2.23. The fraction of sp³-hybridized carbons (Fsp3) is 0.444. The Hall–Kier alpha value is -2.33. The number of hydrogen-bond donors (Lipinski definition) is 3. The summed E-state index contributed by atoms with van der Waals surface area (Å²) >= 11 is 0. The Labute approximate surface area is 167 Å². The third kappa shape index (κ3) is 4.39. The molecule has 152 valence electrons. The molecule has 3 N–H and O–H groups in total. The zero-order valence-electron chi connectivity index (χ0n) is 15.8. The molecule has 9 nitrogen and oxygen atoms in total. The van der Waals surface area contributed by atoms with Gasteiger partial charge in [0.1, 0.15) is 0 Å². The van der Waals surface area contributed by atoms with Crippen molar-refractivity contribution in [3.05, 3.63) is 44.1 Å². The van der Waals surface area contributed by atoms with Crippen LogP contribution in [-0.2, 0) is 6.54 Å². The van der Waals surface area contributed by atoms with Crippen molar-refractivity contribution in [3.63, 3.8) is 0 Å². The summed E-state index contributed by atoms with van der Waals surface area (Å²) in [5, 5.41) is 18.4. The second-order valence-corrected chi connectivity index (χ2v) is 6.52. The standard InChI is InChI=1S/C18H23N5O4.ClH/c1-11-9-13-14(10-12(11)2)23(4-3-22(5-7-24)6-8-25)16-15(19-13)17(26)21-18(27)20-16;/h9-10,24-25H,3-8H2,1-2H3,(H,21,26,27);1H. The molecule has 2 heterocycles. The first-order valence-electron chi connectivity index (χ1n) is 8.80. The van der Waals surface area contributed by atoms with Gasteiger partial charge in [0.25, 0.3) is 5.56 Å². The molecule has 0 bridgehead atoms. The Bertz CT molecular complexity index is 1040. The summed E-state index contributed by atoms with van der Waals surface area (Å²) in [5.74, 6) is 0.229. The third-order valence-electron chi connectivity index (χ3n) is 4.70. The van der Waals surface area contributed by atoms with E-state index in [2.05, 4.69) is 15.0 Å². The smallest absolute Gasteiger partial charge is 0.349 e. The molecule has 2 aliphatic heterocycles. The second kappa shape index (κ2) is 9.24. The molecular weight excluding hydrogens is 386 g/mol. The lowest BCUT2D eigenvalue weighted by Crippen LogP contribution is -2.34. The van der Waals surface area contributed by atoms with E-state index < -0.39 is 11.2 Å². The molecule has 0 aromatic heterocycles. The number of rotatable bonds is 7. The Balaban J connectivity index is 0.00000280. The first kappa shape index (κ1) is 22.0. The molecule has 28 heavy (non-hydrogen) atoms. The number of fused-ring (bicyclic) bond motifs is 2. The van der Waals surface area contributed by atoms with Crippen LogP contribution < -0.4 is 11.2 Å². The molecule has 1 aromatic carbocycles. The summed E-state index contributed by atoms with van der Waals surface area (Å²) in [5.41, 5.74) is 2.36. The highest BCUT2D eigenvalue weighted by Gasteiger charge is 2.19. The van der Waals surface area contributed by atoms with E-state index in [4.69, 9.17) is 0 Å². The number of nitrogens with one attached hydrogen (secondary N) is 1. The highest BCUT2D eigenvalue weighted by atomic mass is 35.5. The average Bonchev–Trinajstić information content (AvgIpc) is 2.61. The molecule has 0 fully saturated rings. The van der Waals surface area contributed by atoms with Crippen LogP contribution in [0.3, 0.4) is 0 Å². The van der Waals surface area contributed by atoms with Gasteiger partial charge >= 0.3 is 5.69 Å². The number of aliphatic hydroxyl groups excluding tert-OH is 2. The van der Waals surface area contributed by atoms with Gasteiger partial charge in [-0.3, -0.25) is 14.7 Å². The van der Waals surface area contributed by atoms with Gasteiger partial charge < -0.3 is 14.8 Å². The summed E-state index contributed by atoms with van der Waals surface area (Å²) in [6.07, 6.45) is 0. The van der Waals surface area contributed by atoms with Crippen LogP contribution in [0.5, 0.6) is 0 Å². The molecule has 0 saturated carbocycles. The molecule has 2 aliphatic rings. The van der Waals surface area contributed by atoms with E-state index >= 15 is 0 Å². The maximum absolute atomic E-state index is 12.2. The first-order valence-corrected chi connectivity index (χ1v) is 8.80. The Morgan fingerprint density at radius 1 is 1.04 bits per heavy atom. The lowest BCUT2D eigenvalue weighted by molar-refractivity contribution is 0.158. The SMILES string of the molecule is Cc1cc2nc3c(=O)[nH]c(=O)nc-3n(CCN(CCO)CCO)c2cc1C.Cl. The zero-order valence-corrected chi connectivity index (χ0v) is 16.6. The van der Waals surface area contributed by atoms with Crippen LogP contribution in [0.2, 0.25) is 0 Å². The van der Waals surface area contributed by atoms with Gasteiger partial charge in [0, 0.05) is 26.2 Å². The predicted octanol–water partition coefficient (Wildman–Crippen LogP) is -0.0902. The number of aliphatic hydroxyl groups is 2. The molecule has 0 unspecified atom stereocenters. The number of H-pyrrole nitrogens is 1. The molecule has 10 heteroatoms. The number of halogens is 1. The van der Waals surface area contributed by atoms with Gasteiger partial charge in [-0.2, -0.15) is 4.98 Å². The van der Waals surface area contributed by atoms with Gasteiger partial charge in [0.05, 0.1) is 24.2 Å². The van der Waals surface area contributed by atoms with Crippen molar-refractivity contribution in [2.75, 3.05) is 32.8 Å². The van der Waals surface area contributed by atoms with Crippen molar-refractivity contribution >= 4 is 23.4 Å². The minimum atomic E-state index is -0.714. The molecule has 3 rings (SSSR count). The number of benzene rings is 1. The quantitative estimate of drug-likeness (QED) is 0.466. The normalized spacial score (nSPS) is 11.3. The number of aromatic amines is 1. The van der Waals surface area contributed by atoms with E-state index in [1.807, 2.05) is 35.4 Å². The predicted molar refractivity (Wildman–Crippen MR) is 108 cm³/mol. The largest absolute Gasteiger partial charge is 0.395 e. The van der Waals surface area contributed by atoms with Crippen molar-refractivity contribution in [2.24, 2.45) is 0 Å². The van der Waals surface area contributed by atoms with Crippen molar-refractivity contribution in [1.29, 1.82) is 0 Å². The van der Waals surface area contributed by atoms with Crippen molar-refractivity contribution in [2.45, 2.75) is 20.4 Å². The molecule has 0 amide bonds. The fourth-order valence-electron chi connectivity index (χ4n) is 3.14. The highest BCUT2D eigenvalue weighted by Crippen LogP contribution is 2.23. The van der Waals surface area contributed by atoms with Crippen LogP contribution in [0, 0.1) is 13.8 Å². The Morgan fingerprint density at radius 3 is 2.32 bits per heavy atom. The third-order valence-corrected chi connectivity index (χ3v) is 4.70. The van der Waals surface area contributed by atoms with Crippen LogP contribution in [-0.4, -0.2) is 67.5 Å². The van der Waals surface area contributed by atoms with E-state index in [-0.39, 0.29) is 37.1 Å². The van der Waals surface area contributed by atoms with E-state index in [1.165, 1.54) is 0 Å². The van der Waals surface area contributed by atoms with Gasteiger partial charge in [-0.25, -0.2) is 9.78 Å². The van der Waals surface area contributed by atoms with Gasteiger partial charge in [-0.1, -0.05) is 0 Å². The van der Waals surface area contributed by atoms with Crippen LogP contribution in [0.25, 0.3) is 22.6 Å². The minimum absolute atomic E-state index is 0. The molecule has 0 radical (unpaired) electrons. The molecular formula is C18H24ClN5O4. The number of hydrogen-bond acceptors (Lipinski definition) is 7. The van der Waals surface area contributed by atoms with E-state index in [9.17, 15) is 19.8 Å². The fourth-order valence-corrected chi connectivity index (χ4v) is 3.14. The summed E-state index contributed by atoms with van der Waals surface area (Å²) in [6, 6.07) is 3.87. The molecule has 0 atom stereocenters. The van der Waals surface area contributed by atoms with Crippen molar-refractivity contribution in [3.8, 4) is 11.5 Å². The Kier molecular flexibility index (Phi) is 7.25. The van der Waals surface area contributed by atoms with Gasteiger partial charge in [-0.15, -0.1) is 12.4 Å². The molecule has 0 saturated heterocycles.